The number of hydrogen-bond donors (Lipinski definition) is 2. The molecule has 94 valence electrons. The second-order valence-corrected chi connectivity index (χ2v) is 5.32. The maximum absolute atomic E-state index is 3.62. The van der Waals surface area contributed by atoms with Gasteiger partial charge in [0.25, 0.3) is 0 Å². The van der Waals surface area contributed by atoms with Crippen molar-refractivity contribution >= 4 is 0 Å². The summed E-state index contributed by atoms with van der Waals surface area (Å²) in [6.45, 7) is 7.76. The van der Waals surface area contributed by atoms with E-state index >= 15 is 0 Å². The highest BCUT2D eigenvalue weighted by Crippen LogP contribution is 2.14. The molecule has 2 heteroatoms. The van der Waals surface area contributed by atoms with Crippen molar-refractivity contribution in [3.8, 4) is 0 Å². The van der Waals surface area contributed by atoms with Gasteiger partial charge in [0.2, 0.25) is 0 Å². The van der Waals surface area contributed by atoms with Gasteiger partial charge in [0.15, 0.2) is 0 Å². The monoisotopic (exact) mass is 232 g/mol. The normalized spacial score (nSPS) is 20.8. The molecule has 1 aliphatic heterocycles. The van der Waals surface area contributed by atoms with Crippen molar-refractivity contribution in [3.63, 3.8) is 0 Å². The van der Waals surface area contributed by atoms with Gasteiger partial charge in [0.1, 0.15) is 0 Å². The lowest BCUT2D eigenvalue weighted by Gasteiger charge is -2.24. The minimum Gasteiger partial charge on any atom is -0.315 e. The minimum absolute atomic E-state index is 0.625. The quantitative estimate of drug-likeness (QED) is 0.834. The lowest BCUT2D eigenvalue weighted by Crippen LogP contribution is -2.42. The first-order valence-electron chi connectivity index (χ1n) is 6.78. The van der Waals surface area contributed by atoms with E-state index in [9.17, 15) is 0 Å². The number of rotatable bonds is 4. The Morgan fingerprint density at radius 2 is 2.06 bits per heavy atom. The Morgan fingerprint density at radius 3 is 2.65 bits per heavy atom. The molecule has 1 unspecified atom stereocenters. The first-order valence-corrected chi connectivity index (χ1v) is 6.78. The minimum atomic E-state index is 0.625. The molecule has 17 heavy (non-hydrogen) atoms. The van der Waals surface area contributed by atoms with Crippen LogP contribution in [0.5, 0.6) is 0 Å². The lowest BCUT2D eigenvalue weighted by atomic mass is 10.0. The number of benzene rings is 1. The fourth-order valence-electron chi connectivity index (χ4n) is 2.31. The lowest BCUT2D eigenvalue weighted by molar-refractivity contribution is 0.389. The molecule has 0 aromatic heterocycles. The maximum atomic E-state index is 3.62. The van der Waals surface area contributed by atoms with E-state index in [0.717, 1.165) is 13.1 Å². The van der Waals surface area contributed by atoms with Gasteiger partial charge in [-0.3, -0.25) is 0 Å². The first-order chi connectivity index (χ1) is 8.25. The van der Waals surface area contributed by atoms with Gasteiger partial charge in [-0.05, 0) is 36.4 Å². The number of hydrogen-bond acceptors (Lipinski definition) is 2. The fourth-order valence-corrected chi connectivity index (χ4v) is 2.31. The average molecular weight is 232 g/mol. The number of piperidine rings is 1. The summed E-state index contributed by atoms with van der Waals surface area (Å²) in [5.74, 6) is 0.625. The van der Waals surface area contributed by atoms with Crippen LogP contribution >= 0.6 is 0 Å². The highest BCUT2D eigenvalue weighted by atomic mass is 15.0. The van der Waals surface area contributed by atoms with E-state index in [1.54, 1.807) is 0 Å². The second-order valence-electron chi connectivity index (χ2n) is 5.32. The molecular weight excluding hydrogens is 208 g/mol. The molecule has 0 saturated carbocycles. The molecule has 2 nitrogen and oxygen atoms in total. The Kier molecular flexibility index (Phi) is 4.57. The predicted molar refractivity (Wildman–Crippen MR) is 73.3 cm³/mol. The SMILES string of the molecule is CC(C)c1ccc(CNC2CCCNC2)cc1. The van der Waals surface area contributed by atoms with E-state index in [-0.39, 0.29) is 0 Å². The summed E-state index contributed by atoms with van der Waals surface area (Å²) in [7, 11) is 0. The summed E-state index contributed by atoms with van der Waals surface area (Å²) in [5.41, 5.74) is 2.81. The fraction of sp³-hybridized carbons (Fsp3) is 0.600. The van der Waals surface area contributed by atoms with Crippen molar-refractivity contribution in [2.75, 3.05) is 13.1 Å². The van der Waals surface area contributed by atoms with Crippen LogP contribution < -0.4 is 10.6 Å². The van der Waals surface area contributed by atoms with E-state index in [1.165, 1.54) is 30.5 Å². The van der Waals surface area contributed by atoms with E-state index in [2.05, 4.69) is 48.7 Å². The van der Waals surface area contributed by atoms with Crippen molar-refractivity contribution in [2.45, 2.75) is 45.2 Å². The van der Waals surface area contributed by atoms with Crippen LogP contribution in [0.1, 0.15) is 43.7 Å². The summed E-state index contributed by atoms with van der Waals surface area (Å²) in [4.78, 5) is 0. The van der Waals surface area contributed by atoms with Crippen molar-refractivity contribution < 1.29 is 0 Å². The van der Waals surface area contributed by atoms with E-state index < -0.39 is 0 Å². The zero-order chi connectivity index (χ0) is 12.1. The van der Waals surface area contributed by atoms with Crippen molar-refractivity contribution in [1.29, 1.82) is 0 Å². The van der Waals surface area contributed by atoms with E-state index in [4.69, 9.17) is 0 Å². The molecule has 0 radical (unpaired) electrons. The molecule has 1 fully saturated rings. The molecule has 0 aliphatic carbocycles. The van der Waals surface area contributed by atoms with Crippen LogP contribution in [0.25, 0.3) is 0 Å². The zero-order valence-corrected chi connectivity index (χ0v) is 11.0. The van der Waals surface area contributed by atoms with Crippen LogP contribution in [0.3, 0.4) is 0 Å². The van der Waals surface area contributed by atoms with E-state index in [0.29, 0.717) is 12.0 Å². The van der Waals surface area contributed by atoms with Gasteiger partial charge < -0.3 is 10.6 Å². The summed E-state index contributed by atoms with van der Waals surface area (Å²) in [6, 6.07) is 9.65. The highest BCUT2D eigenvalue weighted by molar-refractivity contribution is 5.24. The third-order valence-corrected chi connectivity index (χ3v) is 3.54. The molecular formula is C15H24N2. The smallest absolute Gasteiger partial charge is 0.0208 e. The van der Waals surface area contributed by atoms with Gasteiger partial charge in [0, 0.05) is 19.1 Å². The highest BCUT2D eigenvalue weighted by Gasteiger charge is 2.11. The Labute approximate surface area is 105 Å². The van der Waals surface area contributed by atoms with Gasteiger partial charge in [-0.2, -0.15) is 0 Å². The van der Waals surface area contributed by atoms with Crippen molar-refractivity contribution in [1.82, 2.24) is 10.6 Å². The van der Waals surface area contributed by atoms with Crippen LogP contribution in [-0.4, -0.2) is 19.1 Å². The summed E-state index contributed by atoms with van der Waals surface area (Å²) < 4.78 is 0. The van der Waals surface area contributed by atoms with Gasteiger partial charge in [0.05, 0.1) is 0 Å². The van der Waals surface area contributed by atoms with Gasteiger partial charge in [-0.15, -0.1) is 0 Å². The molecule has 0 amide bonds. The molecule has 1 saturated heterocycles. The maximum Gasteiger partial charge on any atom is 0.0208 e. The summed E-state index contributed by atoms with van der Waals surface area (Å²) in [5, 5.41) is 7.06. The van der Waals surface area contributed by atoms with Crippen LogP contribution in [0, 0.1) is 0 Å². The van der Waals surface area contributed by atoms with Gasteiger partial charge in [-0.25, -0.2) is 0 Å². The Morgan fingerprint density at radius 1 is 1.29 bits per heavy atom. The van der Waals surface area contributed by atoms with Crippen LogP contribution in [0.4, 0.5) is 0 Å². The third kappa shape index (κ3) is 3.83. The molecule has 1 heterocycles. The van der Waals surface area contributed by atoms with E-state index in [1.807, 2.05) is 0 Å². The summed E-state index contributed by atoms with van der Waals surface area (Å²) in [6.07, 6.45) is 2.60. The molecule has 1 aromatic carbocycles. The Balaban J connectivity index is 1.82. The Hall–Kier alpha value is -0.860. The Bertz CT molecular complexity index is 323. The number of nitrogens with one attached hydrogen (secondary N) is 2. The molecule has 0 spiro atoms. The molecule has 1 aliphatic rings. The molecule has 2 N–H and O–H groups in total. The van der Waals surface area contributed by atoms with Crippen LogP contribution in [-0.2, 0) is 6.54 Å². The van der Waals surface area contributed by atoms with Crippen molar-refractivity contribution in [2.24, 2.45) is 0 Å². The molecule has 1 atom stereocenters. The van der Waals surface area contributed by atoms with Crippen LogP contribution in [0.2, 0.25) is 0 Å². The predicted octanol–water partition coefficient (Wildman–Crippen LogP) is 2.65. The molecule has 1 aromatic rings. The van der Waals surface area contributed by atoms with Gasteiger partial charge in [-0.1, -0.05) is 38.1 Å². The second kappa shape index (κ2) is 6.18. The zero-order valence-electron chi connectivity index (χ0n) is 11.0. The topological polar surface area (TPSA) is 24.1 Å². The largest absolute Gasteiger partial charge is 0.315 e. The van der Waals surface area contributed by atoms with Crippen molar-refractivity contribution in [3.05, 3.63) is 35.4 Å². The van der Waals surface area contributed by atoms with Crippen LogP contribution in [0.15, 0.2) is 24.3 Å². The summed E-state index contributed by atoms with van der Waals surface area (Å²) >= 11 is 0. The standard InChI is InChI=1S/C15H24N2/c1-12(2)14-7-5-13(6-8-14)10-17-15-4-3-9-16-11-15/h5-8,12,15-17H,3-4,9-11H2,1-2H3. The average Bonchev–Trinajstić information content (AvgIpc) is 2.38. The van der Waals surface area contributed by atoms with Gasteiger partial charge >= 0.3 is 0 Å². The molecule has 0 bridgehead atoms. The molecule has 2 rings (SSSR count). The first kappa shape index (κ1) is 12.6. The third-order valence-electron chi connectivity index (χ3n) is 3.54.